The third-order valence-electron chi connectivity index (χ3n) is 1.22. The average molecular weight is 109 g/mol. The van der Waals surface area contributed by atoms with E-state index in [-0.39, 0.29) is 0 Å². The van der Waals surface area contributed by atoms with Gasteiger partial charge in [-0.2, -0.15) is 0 Å². The van der Waals surface area contributed by atoms with Gasteiger partial charge in [0.05, 0.1) is 6.04 Å². The van der Waals surface area contributed by atoms with Crippen LogP contribution in [0.25, 0.3) is 0 Å². The van der Waals surface area contributed by atoms with E-state index < -0.39 is 0 Å². The van der Waals surface area contributed by atoms with Gasteiger partial charge >= 0.3 is 0 Å². The number of aliphatic imine (C=N–C) groups is 1. The molecule has 1 aliphatic heterocycles. The molecule has 0 saturated carbocycles. The maximum absolute atomic E-state index is 4.21. The molecular weight excluding hydrogens is 98.1 g/mol. The second-order valence-corrected chi connectivity index (χ2v) is 2.08. The predicted molar refractivity (Wildman–Crippen MR) is 36.3 cm³/mol. The molecule has 0 amide bonds. The fourth-order valence-corrected chi connectivity index (χ4v) is 0.754. The van der Waals surface area contributed by atoms with Gasteiger partial charge < -0.3 is 0 Å². The highest BCUT2D eigenvalue weighted by atomic mass is 14.7. The minimum absolute atomic E-state index is 0.414. The topological polar surface area (TPSA) is 12.4 Å². The lowest BCUT2D eigenvalue weighted by Gasteiger charge is -1.91. The third-order valence-corrected chi connectivity index (χ3v) is 1.22. The third kappa shape index (κ3) is 1.49. The number of hydrogen-bond donors (Lipinski definition) is 0. The summed E-state index contributed by atoms with van der Waals surface area (Å²) in [6.07, 6.45) is 8.61. The van der Waals surface area contributed by atoms with E-state index >= 15 is 0 Å². The molecule has 0 fully saturated rings. The number of allylic oxidation sites excluding steroid dienone is 1. The lowest BCUT2D eigenvalue weighted by atomic mass is 10.3. The summed E-state index contributed by atoms with van der Waals surface area (Å²) in [6.45, 7) is 2.10. The first-order chi connectivity index (χ1) is 3.89. The SMILES string of the molecule is CC1C=CCCC=N1. The van der Waals surface area contributed by atoms with Gasteiger partial charge in [0.2, 0.25) is 0 Å². The van der Waals surface area contributed by atoms with E-state index in [4.69, 9.17) is 0 Å². The molecule has 1 nitrogen and oxygen atoms in total. The monoisotopic (exact) mass is 109 g/mol. The van der Waals surface area contributed by atoms with Crippen LogP contribution in [0, 0.1) is 0 Å². The fraction of sp³-hybridized carbons (Fsp3) is 0.571. The van der Waals surface area contributed by atoms with Gasteiger partial charge in [0.25, 0.3) is 0 Å². The Balaban J connectivity index is 2.51. The summed E-state index contributed by atoms with van der Waals surface area (Å²) in [5.41, 5.74) is 0. The molecule has 1 rings (SSSR count). The highest BCUT2D eigenvalue weighted by molar-refractivity contribution is 5.58. The molecular formula is C7H11N. The molecule has 44 valence electrons. The van der Waals surface area contributed by atoms with Crippen LogP contribution in [0.4, 0.5) is 0 Å². The summed E-state index contributed by atoms with van der Waals surface area (Å²) in [5.74, 6) is 0. The Morgan fingerprint density at radius 2 is 2.38 bits per heavy atom. The Hall–Kier alpha value is -0.590. The van der Waals surface area contributed by atoms with Gasteiger partial charge in [-0.15, -0.1) is 0 Å². The Labute approximate surface area is 50.1 Å². The smallest absolute Gasteiger partial charge is 0.0647 e. The van der Waals surface area contributed by atoms with E-state index in [1.54, 1.807) is 0 Å². The minimum Gasteiger partial charge on any atom is -0.290 e. The average Bonchev–Trinajstić information content (AvgIpc) is 1.94. The van der Waals surface area contributed by atoms with Crippen molar-refractivity contribution in [1.29, 1.82) is 0 Å². The van der Waals surface area contributed by atoms with Crippen molar-refractivity contribution in [2.24, 2.45) is 4.99 Å². The summed E-state index contributed by atoms with van der Waals surface area (Å²) < 4.78 is 0. The van der Waals surface area contributed by atoms with Crippen LogP contribution in [0.15, 0.2) is 17.1 Å². The molecule has 0 bridgehead atoms. The normalized spacial score (nSPS) is 27.9. The van der Waals surface area contributed by atoms with Crippen molar-refractivity contribution in [2.45, 2.75) is 25.8 Å². The predicted octanol–water partition coefficient (Wildman–Crippen LogP) is 1.80. The van der Waals surface area contributed by atoms with Gasteiger partial charge in [-0.25, -0.2) is 0 Å². The molecule has 1 heteroatoms. The highest BCUT2D eigenvalue weighted by Crippen LogP contribution is 1.99. The first kappa shape index (κ1) is 5.54. The summed E-state index contributed by atoms with van der Waals surface area (Å²) in [7, 11) is 0. The van der Waals surface area contributed by atoms with Crippen LogP contribution in [-0.4, -0.2) is 12.3 Å². The molecule has 0 aromatic rings. The van der Waals surface area contributed by atoms with Crippen LogP contribution in [-0.2, 0) is 0 Å². The molecule has 0 radical (unpaired) electrons. The minimum atomic E-state index is 0.414. The van der Waals surface area contributed by atoms with Crippen molar-refractivity contribution in [3.8, 4) is 0 Å². The van der Waals surface area contributed by atoms with E-state index in [0.29, 0.717) is 6.04 Å². The molecule has 1 aliphatic rings. The molecule has 8 heavy (non-hydrogen) atoms. The molecule has 1 heterocycles. The zero-order valence-corrected chi connectivity index (χ0v) is 5.17. The van der Waals surface area contributed by atoms with E-state index in [1.165, 1.54) is 0 Å². The second-order valence-electron chi connectivity index (χ2n) is 2.08. The quantitative estimate of drug-likeness (QED) is 0.420. The van der Waals surface area contributed by atoms with Crippen LogP contribution in [0.3, 0.4) is 0 Å². The standard InChI is InChI=1S/C7H11N/c1-7-5-3-2-4-6-8-7/h3,5-7H,2,4H2,1H3. The molecule has 0 aromatic heterocycles. The zero-order valence-electron chi connectivity index (χ0n) is 5.17. The molecule has 1 atom stereocenters. The van der Waals surface area contributed by atoms with Crippen LogP contribution >= 0.6 is 0 Å². The maximum Gasteiger partial charge on any atom is 0.0647 e. The molecule has 0 aliphatic carbocycles. The van der Waals surface area contributed by atoms with Crippen molar-refractivity contribution in [1.82, 2.24) is 0 Å². The molecule has 0 saturated heterocycles. The highest BCUT2D eigenvalue weighted by Gasteiger charge is 1.91. The van der Waals surface area contributed by atoms with E-state index in [1.807, 2.05) is 6.21 Å². The van der Waals surface area contributed by atoms with Gasteiger partial charge in [0.1, 0.15) is 0 Å². The van der Waals surface area contributed by atoms with E-state index in [2.05, 4.69) is 24.1 Å². The van der Waals surface area contributed by atoms with Gasteiger partial charge in [0, 0.05) is 0 Å². The summed E-state index contributed by atoms with van der Waals surface area (Å²) in [6, 6.07) is 0.414. The van der Waals surface area contributed by atoms with Crippen molar-refractivity contribution in [2.75, 3.05) is 0 Å². The Morgan fingerprint density at radius 1 is 1.50 bits per heavy atom. The fourth-order valence-electron chi connectivity index (χ4n) is 0.754. The van der Waals surface area contributed by atoms with Crippen LogP contribution in [0.5, 0.6) is 0 Å². The first-order valence-corrected chi connectivity index (χ1v) is 3.08. The molecule has 0 N–H and O–H groups in total. The Kier molecular flexibility index (Phi) is 1.84. The lowest BCUT2D eigenvalue weighted by molar-refractivity contribution is 0.934. The van der Waals surface area contributed by atoms with Gasteiger partial charge in [0.15, 0.2) is 0 Å². The summed E-state index contributed by atoms with van der Waals surface area (Å²) in [4.78, 5) is 4.21. The Bertz CT molecular complexity index is 99.6. The van der Waals surface area contributed by atoms with Crippen LogP contribution < -0.4 is 0 Å². The molecule has 1 unspecified atom stereocenters. The first-order valence-electron chi connectivity index (χ1n) is 3.08. The van der Waals surface area contributed by atoms with E-state index in [0.717, 1.165) is 12.8 Å². The van der Waals surface area contributed by atoms with Crippen LogP contribution in [0.2, 0.25) is 0 Å². The lowest BCUT2D eigenvalue weighted by Crippen LogP contribution is -1.88. The zero-order chi connectivity index (χ0) is 5.82. The van der Waals surface area contributed by atoms with Gasteiger partial charge in [-0.3, -0.25) is 4.99 Å². The maximum atomic E-state index is 4.21. The number of rotatable bonds is 0. The van der Waals surface area contributed by atoms with Crippen molar-refractivity contribution >= 4 is 6.21 Å². The largest absolute Gasteiger partial charge is 0.290 e. The van der Waals surface area contributed by atoms with Crippen molar-refractivity contribution in [3.05, 3.63) is 12.2 Å². The van der Waals surface area contributed by atoms with E-state index in [9.17, 15) is 0 Å². The number of nitrogens with zero attached hydrogens (tertiary/aromatic N) is 1. The van der Waals surface area contributed by atoms with Crippen molar-refractivity contribution in [3.63, 3.8) is 0 Å². The number of hydrogen-bond acceptors (Lipinski definition) is 1. The molecule has 0 spiro atoms. The van der Waals surface area contributed by atoms with Gasteiger partial charge in [-0.1, -0.05) is 12.2 Å². The second kappa shape index (κ2) is 2.65. The Morgan fingerprint density at radius 3 is 3.25 bits per heavy atom. The molecule has 0 aromatic carbocycles. The summed E-state index contributed by atoms with van der Waals surface area (Å²) >= 11 is 0. The van der Waals surface area contributed by atoms with Gasteiger partial charge in [-0.05, 0) is 26.0 Å². The van der Waals surface area contributed by atoms with Crippen LogP contribution in [0.1, 0.15) is 19.8 Å². The summed E-state index contributed by atoms with van der Waals surface area (Å²) in [5, 5.41) is 0. The van der Waals surface area contributed by atoms with Crippen molar-refractivity contribution < 1.29 is 0 Å².